The number of nitrogens with two attached hydrogens (primary N) is 1. The van der Waals surface area contributed by atoms with Crippen LogP contribution in [0.1, 0.15) is 31.2 Å². The number of rotatable bonds is 5. The summed E-state index contributed by atoms with van der Waals surface area (Å²) < 4.78 is 0. The Labute approximate surface area is 120 Å². The first-order chi connectivity index (χ1) is 9.62. The van der Waals surface area contributed by atoms with Crippen LogP contribution < -0.4 is 11.1 Å². The van der Waals surface area contributed by atoms with Crippen LogP contribution >= 0.6 is 0 Å². The fourth-order valence-electron chi connectivity index (χ4n) is 3.31. The number of nitrogens with zero attached hydrogens (tertiary/aromatic N) is 1. The van der Waals surface area contributed by atoms with Gasteiger partial charge in [-0.05, 0) is 25.3 Å². The van der Waals surface area contributed by atoms with Gasteiger partial charge in [0.1, 0.15) is 6.17 Å². The third kappa shape index (κ3) is 2.64. The quantitative estimate of drug-likeness (QED) is 0.788. The lowest BCUT2D eigenvalue weighted by Crippen LogP contribution is -2.51. The molecule has 4 atom stereocenters. The van der Waals surface area contributed by atoms with Crippen molar-refractivity contribution >= 4 is 6.29 Å². The molecule has 2 fully saturated rings. The van der Waals surface area contributed by atoms with Gasteiger partial charge in [-0.2, -0.15) is 0 Å². The Bertz CT molecular complexity index is 478. The van der Waals surface area contributed by atoms with E-state index in [1.165, 1.54) is 5.56 Å². The van der Waals surface area contributed by atoms with E-state index in [-0.39, 0.29) is 17.7 Å². The maximum Gasteiger partial charge on any atom is 0.151 e. The van der Waals surface area contributed by atoms with Gasteiger partial charge in [-0.25, -0.2) is 0 Å². The fourth-order valence-corrected chi connectivity index (χ4v) is 3.31. The number of benzene rings is 1. The molecule has 1 unspecified atom stereocenters. The number of carbonyl (C=O) groups excluding carboxylic acids is 1. The van der Waals surface area contributed by atoms with Crippen LogP contribution in [0.4, 0.5) is 0 Å². The lowest BCUT2D eigenvalue weighted by molar-refractivity contribution is -0.113. The van der Waals surface area contributed by atoms with Crippen molar-refractivity contribution in [2.75, 3.05) is 13.1 Å². The van der Waals surface area contributed by atoms with Crippen molar-refractivity contribution in [3.05, 3.63) is 35.9 Å². The van der Waals surface area contributed by atoms with Gasteiger partial charge in [-0.1, -0.05) is 30.3 Å². The van der Waals surface area contributed by atoms with Gasteiger partial charge >= 0.3 is 0 Å². The van der Waals surface area contributed by atoms with Gasteiger partial charge in [-0.3, -0.25) is 10.2 Å². The highest BCUT2D eigenvalue weighted by atomic mass is 16.1. The lowest BCUT2D eigenvalue weighted by Gasteiger charge is -2.27. The molecule has 1 saturated carbocycles. The van der Waals surface area contributed by atoms with E-state index in [0.29, 0.717) is 5.92 Å². The van der Waals surface area contributed by atoms with E-state index in [9.17, 15) is 4.79 Å². The Kier molecular flexibility index (Phi) is 3.63. The fraction of sp³-hybridized carbons (Fsp3) is 0.562. The number of hydrogen-bond donors (Lipinski definition) is 2. The summed E-state index contributed by atoms with van der Waals surface area (Å²) in [5, 5.41) is 3.53. The molecule has 0 amide bonds. The zero-order valence-electron chi connectivity index (χ0n) is 12.0. The molecule has 2 aliphatic rings. The second-order valence-electron chi connectivity index (χ2n) is 6.35. The summed E-state index contributed by atoms with van der Waals surface area (Å²) in [6.07, 6.45) is 2.87. The van der Waals surface area contributed by atoms with Gasteiger partial charge in [0.05, 0.1) is 0 Å². The Morgan fingerprint density at radius 1 is 1.45 bits per heavy atom. The summed E-state index contributed by atoms with van der Waals surface area (Å²) in [5.74, 6) is 0.502. The average molecular weight is 273 g/mol. The molecule has 4 heteroatoms. The van der Waals surface area contributed by atoms with Gasteiger partial charge in [0.15, 0.2) is 6.29 Å². The highest BCUT2D eigenvalue weighted by molar-refractivity contribution is 5.57. The minimum Gasteiger partial charge on any atom is -0.326 e. The van der Waals surface area contributed by atoms with Crippen molar-refractivity contribution in [1.82, 2.24) is 10.2 Å². The number of aldehydes is 1. The van der Waals surface area contributed by atoms with Gasteiger partial charge in [0.2, 0.25) is 0 Å². The SMILES string of the molecule is C[C@]1(NC(C=O)N2CC[C@H](N)C2)C[C@@H]1c1ccccc1. The second-order valence-corrected chi connectivity index (χ2v) is 6.35. The van der Waals surface area contributed by atoms with E-state index in [4.69, 9.17) is 5.73 Å². The van der Waals surface area contributed by atoms with Crippen LogP contribution in [0, 0.1) is 0 Å². The summed E-state index contributed by atoms with van der Waals surface area (Å²) in [6.45, 7) is 3.92. The Morgan fingerprint density at radius 2 is 2.20 bits per heavy atom. The van der Waals surface area contributed by atoms with Crippen molar-refractivity contribution in [3.63, 3.8) is 0 Å². The van der Waals surface area contributed by atoms with Gasteiger partial charge in [-0.15, -0.1) is 0 Å². The van der Waals surface area contributed by atoms with Crippen LogP contribution in [0.3, 0.4) is 0 Å². The summed E-state index contributed by atoms with van der Waals surface area (Å²) >= 11 is 0. The lowest BCUT2D eigenvalue weighted by atomic mass is 10.1. The second kappa shape index (κ2) is 5.28. The molecule has 0 aromatic heterocycles. The van der Waals surface area contributed by atoms with E-state index >= 15 is 0 Å². The van der Waals surface area contributed by atoms with Crippen molar-refractivity contribution in [2.24, 2.45) is 5.73 Å². The normalized spacial score (nSPS) is 34.9. The first kappa shape index (κ1) is 13.7. The Hall–Kier alpha value is -1.23. The first-order valence-corrected chi connectivity index (χ1v) is 7.40. The van der Waals surface area contributed by atoms with Crippen molar-refractivity contribution in [2.45, 2.75) is 43.4 Å². The maximum absolute atomic E-state index is 11.4. The van der Waals surface area contributed by atoms with E-state index in [2.05, 4.69) is 41.4 Å². The van der Waals surface area contributed by atoms with Gasteiger partial charge in [0.25, 0.3) is 0 Å². The molecule has 0 bridgehead atoms. The number of nitrogens with one attached hydrogen (secondary N) is 1. The molecule has 1 saturated heterocycles. The van der Waals surface area contributed by atoms with Crippen LogP contribution in [-0.4, -0.2) is 42.0 Å². The topological polar surface area (TPSA) is 58.4 Å². The molecule has 1 aromatic carbocycles. The summed E-state index contributed by atoms with van der Waals surface area (Å²) in [4.78, 5) is 13.6. The number of carbonyl (C=O) groups is 1. The molecule has 108 valence electrons. The predicted octanol–water partition coefficient (Wildman–Crippen LogP) is 1.08. The van der Waals surface area contributed by atoms with E-state index in [1.807, 2.05) is 6.07 Å². The standard InChI is InChI=1S/C16H23N3O/c1-16(9-14(16)12-5-3-2-4-6-12)18-15(11-20)19-8-7-13(17)10-19/h2-6,11,13-15,18H,7-10,17H2,1H3/t13-,14+,15?,16-/m0/s1. The third-order valence-electron chi connectivity index (χ3n) is 4.70. The van der Waals surface area contributed by atoms with Crippen molar-refractivity contribution < 1.29 is 4.79 Å². The molecule has 1 aliphatic heterocycles. The molecule has 3 rings (SSSR count). The molecule has 0 spiro atoms. The molecule has 1 aromatic rings. The maximum atomic E-state index is 11.4. The van der Waals surface area contributed by atoms with Crippen LogP contribution in [0.2, 0.25) is 0 Å². The molecule has 3 N–H and O–H groups in total. The zero-order chi connectivity index (χ0) is 14.2. The number of likely N-dealkylation sites (tertiary alicyclic amines) is 1. The highest BCUT2D eigenvalue weighted by Crippen LogP contribution is 2.51. The average Bonchev–Trinajstić information content (AvgIpc) is 2.94. The minimum absolute atomic E-state index is 0.0274. The van der Waals surface area contributed by atoms with E-state index < -0.39 is 0 Å². The minimum atomic E-state index is -0.206. The van der Waals surface area contributed by atoms with E-state index in [0.717, 1.165) is 32.2 Å². The summed E-state index contributed by atoms with van der Waals surface area (Å²) in [5.41, 5.74) is 7.31. The number of hydrogen-bond acceptors (Lipinski definition) is 4. The largest absolute Gasteiger partial charge is 0.326 e. The summed E-state index contributed by atoms with van der Waals surface area (Å²) in [7, 11) is 0. The van der Waals surface area contributed by atoms with E-state index in [1.54, 1.807) is 0 Å². The molecule has 1 aliphatic carbocycles. The molecular formula is C16H23N3O. The molecular weight excluding hydrogens is 250 g/mol. The van der Waals surface area contributed by atoms with Crippen molar-refractivity contribution in [3.8, 4) is 0 Å². The van der Waals surface area contributed by atoms with Crippen LogP contribution in [0.25, 0.3) is 0 Å². The predicted molar refractivity (Wildman–Crippen MR) is 79.4 cm³/mol. The van der Waals surface area contributed by atoms with Crippen molar-refractivity contribution in [1.29, 1.82) is 0 Å². The molecule has 20 heavy (non-hydrogen) atoms. The highest BCUT2D eigenvalue weighted by Gasteiger charge is 2.52. The Morgan fingerprint density at radius 3 is 2.80 bits per heavy atom. The monoisotopic (exact) mass is 273 g/mol. The first-order valence-electron chi connectivity index (χ1n) is 7.40. The molecule has 0 radical (unpaired) electrons. The summed E-state index contributed by atoms with van der Waals surface area (Å²) in [6, 6.07) is 10.7. The Balaban J connectivity index is 1.64. The smallest absolute Gasteiger partial charge is 0.151 e. The van der Waals surface area contributed by atoms with Crippen LogP contribution in [0.5, 0.6) is 0 Å². The molecule has 1 heterocycles. The van der Waals surface area contributed by atoms with Crippen LogP contribution in [0.15, 0.2) is 30.3 Å². The zero-order valence-corrected chi connectivity index (χ0v) is 12.0. The van der Waals surface area contributed by atoms with Gasteiger partial charge < -0.3 is 10.5 Å². The molecule has 4 nitrogen and oxygen atoms in total. The third-order valence-corrected chi connectivity index (χ3v) is 4.70. The van der Waals surface area contributed by atoms with Gasteiger partial charge in [0, 0.05) is 30.6 Å². The van der Waals surface area contributed by atoms with Crippen LogP contribution in [-0.2, 0) is 4.79 Å².